The van der Waals surface area contributed by atoms with E-state index in [2.05, 4.69) is 12.2 Å². The largest absolute Gasteiger partial charge is 0.385 e. The lowest BCUT2D eigenvalue weighted by atomic mass is 10.2. The second-order valence-electron chi connectivity index (χ2n) is 5.71. The predicted octanol–water partition coefficient (Wildman–Crippen LogP) is 3.76. The van der Waals surface area contributed by atoms with Crippen LogP contribution in [-0.2, 0) is 4.74 Å². The van der Waals surface area contributed by atoms with Crippen LogP contribution in [0.2, 0.25) is 0 Å². The van der Waals surface area contributed by atoms with Crippen LogP contribution < -0.4 is 10.9 Å². The fourth-order valence-electron chi connectivity index (χ4n) is 2.29. The van der Waals surface area contributed by atoms with Crippen molar-refractivity contribution in [3.05, 3.63) is 58.5 Å². The highest BCUT2D eigenvalue weighted by molar-refractivity contribution is 5.48. The first-order valence-electron chi connectivity index (χ1n) is 8.32. The highest BCUT2D eigenvalue weighted by atomic mass is 16.5. The van der Waals surface area contributed by atoms with Crippen molar-refractivity contribution in [2.24, 2.45) is 0 Å². The van der Waals surface area contributed by atoms with Crippen molar-refractivity contribution >= 4 is 5.69 Å². The van der Waals surface area contributed by atoms with E-state index in [-0.39, 0.29) is 5.56 Å². The Balaban J connectivity index is 1.83. The summed E-state index contributed by atoms with van der Waals surface area (Å²) in [6.07, 6.45) is 5.16. The molecule has 2 rings (SSSR count). The van der Waals surface area contributed by atoms with Crippen LogP contribution in [0.25, 0.3) is 5.69 Å². The van der Waals surface area contributed by atoms with Crippen molar-refractivity contribution in [1.82, 2.24) is 4.57 Å². The van der Waals surface area contributed by atoms with E-state index in [9.17, 15) is 4.79 Å². The molecule has 0 unspecified atom stereocenters. The number of pyridine rings is 1. The predicted molar refractivity (Wildman–Crippen MR) is 95.6 cm³/mol. The first kappa shape index (κ1) is 17.3. The van der Waals surface area contributed by atoms with Crippen molar-refractivity contribution in [1.29, 1.82) is 0 Å². The maximum atomic E-state index is 11.9. The fraction of sp³-hybridized carbons (Fsp3) is 0.421. The monoisotopic (exact) mass is 314 g/mol. The zero-order valence-corrected chi connectivity index (χ0v) is 14.0. The number of nitrogens with zero attached hydrogens (tertiary/aromatic N) is 1. The molecule has 0 aliphatic heterocycles. The van der Waals surface area contributed by atoms with Gasteiger partial charge < -0.3 is 10.1 Å². The molecule has 0 aliphatic rings. The molecular weight excluding hydrogens is 288 g/mol. The number of hydrogen-bond acceptors (Lipinski definition) is 3. The molecule has 1 heterocycles. The summed E-state index contributed by atoms with van der Waals surface area (Å²) in [7, 11) is 0. The van der Waals surface area contributed by atoms with Crippen LogP contribution in [0.15, 0.2) is 47.4 Å². The van der Waals surface area contributed by atoms with Crippen molar-refractivity contribution in [3.63, 3.8) is 0 Å². The van der Waals surface area contributed by atoms with Crippen LogP contribution in [0, 0.1) is 6.92 Å². The summed E-state index contributed by atoms with van der Waals surface area (Å²) in [5.74, 6) is 0. The topological polar surface area (TPSA) is 43.3 Å². The SMILES string of the molecule is CCCCOCCCNc1ccc(-n2cc(C)ccc2=O)cc1. The van der Waals surface area contributed by atoms with Gasteiger partial charge >= 0.3 is 0 Å². The zero-order valence-electron chi connectivity index (χ0n) is 14.0. The van der Waals surface area contributed by atoms with Crippen molar-refractivity contribution in [2.45, 2.75) is 33.1 Å². The van der Waals surface area contributed by atoms with E-state index in [0.717, 1.165) is 49.5 Å². The Kier molecular flexibility index (Phi) is 6.88. The van der Waals surface area contributed by atoms with Crippen LogP contribution >= 0.6 is 0 Å². The minimum Gasteiger partial charge on any atom is -0.385 e. The van der Waals surface area contributed by atoms with E-state index >= 15 is 0 Å². The van der Waals surface area contributed by atoms with E-state index < -0.39 is 0 Å². The molecule has 23 heavy (non-hydrogen) atoms. The van der Waals surface area contributed by atoms with Crippen molar-refractivity contribution in [2.75, 3.05) is 25.1 Å². The number of aromatic nitrogens is 1. The summed E-state index contributed by atoms with van der Waals surface area (Å²) in [5, 5.41) is 3.37. The Bertz CT molecular complexity index is 647. The molecule has 0 aliphatic carbocycles. The molecule has 0 radical (unpaired) electrons. The molecule has 1 aromatic carbocycles. The molecule has 0 amide bonds. The lowest BCUT2D eigenvalue weighted by Crippen LogP contribution is -2.16. The molecule has 4 heteroatoms. The number of anilines is 1. The Labute approximate surface area is 138 Å². The van der Waals surface area contributed by atoms with Crippen LogP contribution in [0.3, 0.4) is 0 Å². The van der Waals surface area contributed by atoms with Gasteiger partial charge in [-0.1, -0.05) is 19.4 Å². The molecule has 0 spiro atoms. The van der Waals surface area contributed by atoms with Gasteiger partial charge in [-0.2, -0.15) is 0 Å². The smallest absolute Gasteiger partial charge is 0.255 e. The maximum Gasteiger partial charge on any atom is 0.255 e. The van der Waals surface area contributed by atoms with Gasteiger partial charge in [0.1, 0.15) is 0 Å². The second-order valence-corrected chi connectivity index (χ2v) is 5.71. The highest BCUT2D eigenvalue weighted by Gasteiger charge is 2.00. The van der Waals surface area contributed by atoms with Gasteiger partial charge in [0.05, 0.1) is 0 Å². The number of ether oxygens (including phenoxy) is 1. The second kappa shape index (κ2) is 9.16. The van der Waals surface area contributed by atoms with Gasteiger partial charge in [-0.25, -0.2) is 0 Å². The molecule has 0 saturated heterocycles. The summed E-state index contributed by atoms with van der Waals surface area (Å²) in [4.78, 5) is 11.9. The third kappa shape index (κ3) is 5.57. The molecule has 0 fully saturated rings. The zero-order chi connectivity index (χ0) is 16.5. The number of benzene rings is 1. The van der Waals surface area contributed by atoms with Crippen LogP contribution in [-0.4, -0.2) is 24.3 Å². The number of rotatable bonds is 9. The van der Waals surface area contributed by atoms with Gasteiger partial charge in [0.25, 0.3) is 5.56 Å². The summed E-state index contributed by atoms with van der Waals surface area (Å²) < 4.78 is 7.20. The highest BCUT2D eigenvalue weighted by Crippen LogP contribution is 2.12. The van der Waals surface area contributed by atoms with Crippen molar-refractivity contribution in [3.8, 4) is 5.69 Å². The van der Waals surface area contributed by atoms with Gasteiger partial charge in [-0.05, 0) is 49.6 Å². The molecule has 0 bridgehead atoms. The number of hydrogen-bond donors (Lipinski definition) is 1. The molecule has 4 nitrogen and oxygen atoms in total. The fourth-order valence-corrected chi connectivity index (χ4v) is 2.29. The first-order chi connectivity index (χ1) is 11.2. The van der Waals surface area contributed by atoms with Gasteiger partial charge in [0.2, 0.25) is 0 Å². The van der Waals surface area contributed by atoms with Crippen LogP contribution in [0.5, 0.6) is 0 Å². The number of unbranched alkanes of at least 4 members (excludes halogenated alkanes) is 1. The molecule has 1 N–H and O–H groups in total. The lowest BCUT2D eigenvalue weighted by molar-refractivity contribution is 0.131. The third-order valence-corrected chi connectivity index (χ3v) is 3.64. The average Bonchev–Trinajstić information content (AvgIpc) is 2.57. The third-order valence-electron chi connectivity index (χ3n) is 3.64. The number of aryl methyl sites for hydroxylation is 1. The number of nitrogens with one attached hydrogen (secondary N) is 1. The Morgan fingerprint density at radius 1 is 1.04 bits per heavy atom. The van der Waals surface area contributed by atoms with E-state index in [0.29, 0.717) is 0 Å². The van der Waals surface area contributed by atoms with Gasteiger partial charge in [0.15, 0.2) is 0 Å². The van der Waals surface area contributed by atoms with Crippen molar-refractivity contribution < 1.29 is 4.74 Å². The summed E-state index contributed by atoms with van der Waals surface area (Å²) in [6.45, 7) is 6.68. The van der Waals surface area contributed by atoms with Gasteiger partial charge in [-0.15, -0.1) is 0 Å². The molecule has 2 aromatic rings. The summed E-state index contributed by atoms with van der Waals surface area (Å²) >= 11 is 0. The van der Waals surface area contributed by atoms with Crippen LogP contribution in [0.4, 0.5) is 5.69 Å². The average molecular weight is 314 g/mol. The summed E-state index contributed by atoms with van der Waals surface area (Å²) in [5.41, 5.74) is 2.99. The molecule has 0 saturated carbocycles. The Hall–Kier alpha value is -2.07. The van der Waals surface area contributed by atoms with E-state index in [1.165, 1.54) is 6.42 Å². The molecule has 1 aromatic heterocycles. The minimum absolute atomic E-state index is 0.0134. The Morgan fingerprint density at radius 2 is 1.78 bits per heavy atom. The normalized spacial score (nSPS) is 10.7. The molecule has 0 atom stereocenters. The minimum atomic E-state index is -0.0134. The molecule has 124 valence electrons. The lowest BCUT2D eigenvalue weighted by Gasteiger charge is -2.10. The van der Waals surface area contributed by atoms with Gasteiger partial charge in [0, 0.05) is 43.4 Å². The van der Waals surface area contributed by atoms with E-state index in [1.807, 2.05) is 43.5 Å². The maximum absolute atomic E-state index is 11.9. The summed E-state index contributed by atoms with van der Waals surface area (Å²) in [6, 6.07) is 11.4. The van der Waals surface area contributed by atoms with E-state index in [1.54, 1.807) is 10.6 Å². The van der Waals surface area contributed by atoms with Crippen LogP contribution in [0.1, 0.15) is 31.7 Å². The molecular formula is C19H26N2O2. The quantitative estimate of drug-likeness (QED) is 0.717. The standard InChI is InChI=1S/C19H26N2O2/c1-3-4-13-23-14-5-12-20-17-7-9-18(10-8-17)21-15-16(2)6-11-19(21)22/h6-11,15,20H,3-5,12-14H2,1-2H3. The van der Waals surface area contributed by atoms with Gasteiger partial charge in [-0.3, -0.25) is 9.36 Å². The first-order valence-corrected chi connectivity index (χ1v) is 8.32. The Morgan fingerprint density at radius 3 is 2.52 bits per heavy atom. The van der Waals surface area contributed by atoms with E-state index in [4.69, 9.17) is 4.74 Å².